The van der Waals surface area contributed by atoms with E-state index in [4.69, 9.17) is 11.6 Å². The average Bonchev–Trinajstić information content (AvgIpc) is 1.82. The minimum atomic E-state index is -1.77. The Morgan fingerprint density at radius 2 is 2.33 bits per heavy atom. The number of hydrogen-bond donors (Lipinski definition) is 0. The van der Waals surface area contributed by atoms with Crippen LogP contribution in [0.2, 0.25) is 0 Å². The summed E-state index contributed by atoms with van der Waals surface area (Å²) in [6.07, 6.45) is 0.704. The van der Waals surface area contributed by atoms with Crippen LogP contribution in [-0.4, -0.2) is 18.1 Å². The van der Waals surface area contributed by atoms with Gasteiger partial charge in [0.2, 0.25) is 0 Å². The smallest absolute Gasteiger partial charge is 0.354 e. The number of halogens is 1. The molecular weight excluding hydrogens is 144 g/mol. The molecule has 0 aliphatic rings. The van der Waals surface area contributed by atoms with E-state index >= 15 is 0 Å². The second-order valence-corrected chi connectivity index (χ2v) is 1.88. The summed E-state index contributed by atoms with van der Waals surface area (Å²) in [5, 5.41) is 10.0. The molecule has 1 radical (unpaired) electrons. The Bertz CT molecular complexity index is 92.2. The molecule has 4 heteroatoms. The molecule has 0 rings (SSSR count). The van der Waals surface area contributed by atoms with E-state index in [1.807, 2.05) is 6.92 Å². The number of carbonyl (C=O) groups excluding carboxylic acids is 1. The van der Waals surface area contributed by atoms with Crippen molar-refractivity contribution in [1.29, 1.82) is 0 Å². The maximum atomic E-state index is 10.2. The summed E-state index contributed by atoms with van der Waals surface area (Å²) < 4.78 is 4.37. The van der Waals surface area contributed by atoms with Crippen LogP contribution in [0.4, 0.5) is 0 Å². The summed E-state index contributed by atoms with van der Waals surface area (Å²) in [4.78, 5) is 10.2. The summed E-state index contributed by atoms with van der Waals surface area (Å²) in [6.45, 7) is 2.10. The zero-order chi connectivity index (χ0) is 7.28. The van der Waals surface area contributed by atoms with Crippen LogP contribution >= 0.6 is 11.6 Å². The minimum Gasteiger partial charge on any atom is -0.463 e. The van der Waals surface area contributed by atoms with Gasteiger partial charge >= 0.3 is 5.97 Å². The number of ether oxygens (including phenoxy) is 1. The summed E-state index contributed by atoms with van der Waals surface area (Å²) >= 11 is 4.83. The molecule has 0 bridgehead atoms. The van der Waals surface area contributed by atoms with Gasteiger partial charge in [0.1, 0.15) is 0 Å². The van der Waals surface area contributed by atoms with Crippen LogP contribution in [0.3, 0.4) is 0 Å². The highest BCUT2D eigenvalue weighted by molar-refractivity contribution is 6.28. The van der Waals surface area contributed by atoms with Crippen molar-refractivity contribution in [3.05, 3.63) is 0 Å². The fourth-order valence-electron chi connectivity index (χ4n) is 0.268. The van der Waals surface area contributed by atoms with E-state index in [9.17, 15) is 9.90 Å². The first-order valence-electron chi connectivity index (χ1n) is 2.65. The summed E-state index contributed by atoms with van der Waals surface area (Å²) in [7, 11) is 0. The van der Waals surface area contributed by atoms with Crippen molar-refractivity contribution in [3.8, 4) is 0 Å². The van der Waals surface area contributed by atoms with Crippen molar-refractivity contribution in [3.63, 3.8) is 0 Å². The lowest BCUT2D eigenvalue weighted by Crippen LogP contribution is -2.15. The topological polar surface area (TPSA) is 46.2 Å². The lowest BCUT2D eigenvalue weighted by molar-refractivity contribution is -0.151. The van der Waals surface area contributed by atoms with Crippen molar-refractivity contribution < 1.29 is 14.6 Å². The summed E-state index contributed by atoms with van der Waals surface area (Å²) in [5.41, 5.74) is -1.77. The molecule has 0 saturated heterocycles. The van der Waals surface area contributed by atoms with Crippen molar-refractivity contribution in [1.82, 2.24) is 0 Å². The zero-order valence-electron chi connectivity index (χ0n) is 5.09. The molecule has 1 unspecified atom stereocenters. The summed E-state index contributed by atoms with van der Waals surface area (Å²) in [6, 6.07) is 0. The van der Waals surface area contributed by atoms with Crippen molar-refractivity contribution in [2.24, 2.45) is 0 Å². The lowest BCUT2D eigenvalue weighted by atomic mass is 10.5. The van der Waals surface area contributed by atoms with Gasteiger partial charge in [0.25, 0.3) is 5.56 Å². The maximum absolute atomic E-state index is 10.2. The molecule has 0 saturated carbocycles. The quantitative estimate of drug-likeness (QED) is 0.445. The number of carbonyl (C=O) groups is 1. The van der Waals surface area contributed by atoms with Crippen LogP contribution < -0.4 is 0 Å². The highest BCUT2D eigenvalue weighted by Gasteiger charge is 2.13. The number of esters is 1. The molecule has 0 aromatic carbocycles. The molecule has 0 aromatic heterocycles. The molecule has 1 atom stereocenters. The first-order valence-corrected chi connectivity index (χ1v) is 3.08. The van der Waals surface area contributed by atoms with Gasteiger partial charge in [0.15, 0.2) is 0 Å². The lowest BCUT2D eigenvalue weighted by Gasteiger charge is -2.00. The second kappa shape index (κ2) is 4.58. The van der Waals surface area contributed by atoms with Crippen LogP contribution in [0.1, 0.15) is 13.3 Å². The van der Waals surface area contributed by atoms with Crippen molar-refractivity contribution in [2.75, 3.05) is 6.61 Å². The SMILES string of the molecule is CCCOC(=O)C([O])Cl. The molecule has 3 nitrogen and oxygen atoms in total. The second-order valence-electron chi connectivity index (χ2n) is 1.48. The third kappa shape index (κ3) is 4.24. The highest BCUT2D eigenvalue weighted by Crippen LogP contribution is 1.94. The van der Waals surface area contributed by atoms with Gasteiger partial charge < -0.3 is 4.74 Å². The molecule has 9 heavy (non-hydrogen) atoms. The van der Waals surface area contributed by atoms with Crippen LogP contribution in [0.25, 0.3) is 0 Å². The maximum Gasteiger partial charge on any atom is 0.354 e. The van der Waals surface area contributed by atoms with E-state index in [-0.39, 0.29) is 6.61 Å². The Balaban J connectivity index is 3.28. The summed E-state index contributed by atoms with van der Waals surface area (Å²) in [5.74, 6) is -0.890. The molecule has 0 heterocycles. The number of alkyl halides is 1. The van der Waals surface area contributed by atoms with E-state index < -0.39 is 11.5 Å². The Kier molecular flexibility index (Phi) is 4.44. The third-order valence-electron chi connectivity index (χ3n) is 0.634. The molecular formula is C5H8ClO3. The Morgan fingerprint density at radius 1 is 1.78 bits per heavy atom. The minimum absolute atomic E-state index is 0.268. The molecule has 0 N–H and O–H groups in total. The van der Waals surface area contributed by atoms with Crippen LogP contribution in [0.15, 0.2) is 0 Å². The third-order valence-corrected chi connectivity index (χ3v) is 0.812. The van der Waals surface area contributed by atoms with Gasteiger partial charge in [-0.25, -0.2) is 9.90 Å². The molecule has 0 spiro atoms. The van der Waals surface area contributed by atoms with Gasteiger partial charge in [-0.1, -0.05) is 18.5 Å². The zero-order valence-corrected chi connectivity index (χ0v) is 5.85. The first kappa shape index (κ1) is 8.72. The Hall–Kier alpha value is -0.280. The number of hydrogen-bond acceptors (Lipinski definition) is 2. The first-order chi connectivity index (χ1) is 4.18. The van der Waals surface area contributed by atoms with E-state index in [1.54, 1.807) is 0 Å². The Morgan fingerprint density at radius 3 is 2.67 bits per heavy atom. The van der Waals surface area contributed by atoms with Crippen molar-refractivity contribution in [2.45, 2.75) is 18.9 Å². The molecule has 0 fully saturated rings. The van der Waals surface area contributed by atoms with E-state index in [0.717, 1.165) is 0 Å². The van der Waals surface area contributed by atoms with Crippen molar-refractivity contribution >= 4 is 17.6 Å². The predicted octanol–water partition coefficient (Wildman–Crippen LogP) is 0.935. The molecule has 0 amide bonds. The van der Waals surface area contributed by atoms with Gasteiger partial charge in [-0.15, -0.1) is 0 Å². The molecule has 0 aliphatic heterocycles. The van der Waals surface area contributed by atoms with Crippen LogP contribution in [0.5, 0.6) is 0 Å². The molecule has 53 valence electrons. The van der Waals surface area contributed by atoms with Gasteiger partial charge in [0.05, 0.1) is 6.61 Å². The Labute approximate surface area is 58.6 Å². The largest absolute Gasteiger partial charge is 0.463 e. The predicted molar refractivity (Wildman–Crippen MR) is 31.6 cm³/mol. The van der Waals surface area contributed by atoms with Gasteiger partial charge in [0, 0.05) is 0 Å². The highest BCUT2D eigenvalue weighted by atomic mass is 35.5. The van der Waals surface area contributed by atoms with Gasteiger partial charge in [-0.3, -0.25) is 0 Å². The van der Waals surface area contributed by atoms with E-state index in [1.165, 1.54) is 0 Å². The van der Waals surface area contributed by atoms with Crippen LogP contribution in [0, 0.1) is 0 Å². The molecule has 0 aromatic rings. The standard InChI is InChI=1S/C5H8ClO3/c1-2-3-9-5(8)4(6)7/h4H,2-3H2,1H3. The van der Waals surface area contributed by atoms with Crippen LogP contribution in [-0.2, 0) is 14.6 Å². The fourth-order valence-corrected chi connectivity index (χ4v) is 0.331. The normalized spacial score (nSPS) is 12.8. The van der Waals surface area contributed by atoms with Gasteiger partial charge in [-0.05, 0) is 6.42 Å². The monoisotopic (exact) mass is 151 g/mol. The molecule has 0 aliphatic carbocycles. The number of rotatable bonds is 3. The van der Waals surface area contributed by atoms with E-state index in [0.29, 0.717) is 6.42 Å². The van der Waals surface area contributed by atoms with E-state index in [2.05, 4.69) is 4.74 Å². The van der Waals surface area contributed by atoms with Gasteiger partial charge in [-0.2, -0.15) is 0 Å². The average molecular weight is 152 g/mol. The fraction of sp³-hybridized carbons (Fsp3) is 0.800.